The minimum atomic E-state index is -3.51. The summed E-state index contributed by atoms with van der Waals surface area (Å²) in [6.07, 6.45) is 1.61. The fraction of sp³-hybridized carbons (Fsp3) is 0.462. The minimum Gasteiger partial charge on any atom is -0.354 e. The topological polar surface area (TPSA) is 86.8 Å². The molecule has 2 amide bonds. The Labute approximate surface area is 218 Å². The van der Waals surface area contributed by atoms with Crippen molar-refractivity contribution in [2.24, 2.45) is 5.92 Å². The van der Waals surface area contributed by atoms with Crippen molar-refractivity contribution < 1.29 is 18.0 Å². The van der Waals surface area contributed by atoms with Gasteiger partial charge in [-0.05, 0) is 56.0 Å². The molecule has 35 heavy (non-hydrogen) atoms. The van der Waals surface area contributed by atoms with Crippen molar-refractivity contribution in [1.82, 2.24) is 10.2 Å². The number of aryl methyl sites for hydroxylation is 1. The summed E-state index contributed by atoms with van der Waals surface area (Å²) < 4.78 is 27.0. The van der Waals surface area contributed by atoms with Crippen LogP contribution in [0.1, 0.15) is 44.7 Å². The van der Waals surface area contributed by atoms with Crippen LogP contribution in [0.3, 0.4) is 0 Å². The highest BCUT2D eigenvalue weighted by atomic mass is 79.9. The van der Waals surface area contributed by atoms with Crippen molar-refractivity contribution in [3.8, 4) is 0 Å². The summed E-state index contributed by atoms with van der Waals surface area (Å²) in [5, 5.41) is 2.90. The summed E-state index contributed by atoms with van der Waals surface area (Å²) >= 11 is 3.42. The van der Waals surface area contributed by atoms with Gasteiger partial charge in [0, 0.05) is 30.5 Å². The van der Waals surface area contributed by atoms with Crippen LogP contribution >= 0.6 is 15.9 Å². The lowest BCUT2D eigenvalue weighted by atomic mass is 10.1. The number of amides is 2. The normalized spacial score (nSPS) is 12.3. The SMILES string of the molecule is Cc1ccc(N(CCCC(=O)N(Cc2ccc(Br)cc2)C(C)C(=O)NCC(C)C)S(C)(=O)=O)cc1. The summed E-state index contributed by atoms with van der Waals surface area (Å²) in [4.78, 5) is 27.6. The summed E-state index contributed by atoms with van der Waals surface area (Å²) in [7, 11) is -3.51. The van der Waals surface area contributed by atoms with Crippen LogP contribution in [0, 0.1) is 12.8 Å². The lowest BCUT2D eigenvalue weighted by Gasteiger charge is -2.29. The zero-order chi connectivity index (χ0) is 26.2. The Balaban J connectivity index is 2.14. The van der Waals surface area contributed by atoms with Crippen molar-refractivity contribution >= 4 is 43.5 Å². The molecule has 1 unspecified atom stereocenters. The van der Waals surface area contributed by atoms with E-state index in [4.69, 9.17) is 0 Å². The number of rotatable bonds is 12. The van der Waals surface area contributed by atoms with Gasteiger partial charge in [0.15, 0.2) is 0 Å². The van der Waals surface area contributed by atoms with Crippen LogP contribution in [0.15, 0.2) is 53.0 Å². The first kappa shape index (κ1) is 28.8. The van der Waals surface area contributed by atoms with E-state index < -0.39 is 16.1 Å². The maximum atomic E-state index is 13.3. The van der Waals surface area contributed by atoms with Crippen LogP contribution in [0.5, 0.6) is 0 Å². The van der Waals surface area contributed by atoms with E-state index in [9.17, 15) is 18.0 Å². The van der Waals surface area contributed by atoms with E-state index in [0.29, 0.717) is 24.6 Å². The molecule has 0 aliphatic heterocycles. The molecule has 0 radical (unpaired) electrons. The lowest BCUT2D eigenvalue weighted by molar-refractivity contribution is -0.140. The highest BCUT2D eigenvalue weighted by Crippen LogP contribution is 2.20. The van der Waals surface area contributed by atoms with Gasteiger partial charge in [-0.25, -0.2) is 8.42 Å². The van der Waals surface area contributed by atoms with Crippen LogP contribution in [-0.2, 0) is 26.2 Å². The summed E-state index contributed by atoms with van der Waals surface area (Å²) in [5.41, 5.74) is 2.51. The lowest BCUT2D eigenvalue weighted by Crippen LogP contribution is -2.48. The Hall–Kier alpha value is -2.39. The second-order valence-corrected chi connectivity index (χ2v) is 12.1. The smallest absolute Gasteiger partial charge is 0.242 e. The molecular weight excluding hydrogens is 530 g/mol. The van der Waals surface area contributed by atoms with E-state index in [-0.39, 0.29) is 31.3 Å². The molecule has 0 aliphatic rings. The number of anilines is 1. The molecule has 0 aromatic heterocycles. The van der Waals surface area contributed by atoms with Gasteiger partial charge in [-0.15, -0.1) is 0 Å². The molecule has 1 N–H and O–H groups in total. The number of carbonyl (C=O) groups excluding carboxylic acids is 2. The summed E-state index contributed by atoms with van der Waals surface area (Å²) in [6, 6.07) is 14.2. The van der Waals surface area contributed by atoms with Crippen LogP contribution in [0.2, 0.25) is 0 Å². The van der Waals surface area contributed by atoms with E-state index >= 15 is 0 Å². The van der Waals surface area contributed by atoms with Crippen molar-refractivity contribution in [3.63, 3.8) is 0 Å². The first-order chi connectivity index (χ1) is 16.4. The van der Waals surface area contributed by atoms with Crippen molar-refractivity contribution in [1.29, 1.82) is 0 Å². The highest BCUT2D eigenvalue weighted by Gasteiger charge is 2.26. The molecule has 7 nitrogen and oxygen atoms in total. The fourth-order valence-corrected chi connectivity index (χ4v) is 4.77. The Morgan fingerprint density at radius 1 is 1.00 bits per heavy atom. The van der Waals surface area contributed by atoms with Gasteiger partial charge in [-0.2, -0.15) is 0 Å². The first-order valence-electron chi connectivity index (χ1n) is 11.7. The largest absolute Gasteiger partial charge is 0.354 e. The molecule has 1 atom stereocenters. The van der Waals surface area contributed by atoms with E-state index in [2.05, 4.69) is 21.2 Å². The Morgan fingerprint density at radius 3 is 2.14 bits per heavy atom. The average molecular weight is 567 g/mol. The maximum Gasteiger partial charge on any atom is 0.242 e. The van der Waals surface area contributed by atoms with Gasteiger partial charge < -0.3 is 10.2 Å². The van der Waals surface area contributed by atoms with Gasteiger partial charge in [0.25, 0.3) is 0 Å². The average Bonchev–Trinajstić information content (AvgIpc) is 2.79. The molecule has 0 fully saturated rings. The highest BCUT2D eigenvalue weighted by molar-refractivity contribution is 9.10. The zero-order valence-electron chi connectivity index (χ0n) is 21.1. The third-order valence-corrected chi connectivity index (χ3v) is 7.31. The van der Waals surface area contributed by atoms with Crippen LogP contribution in [0.25, 0.3) is 0 Å². The van der Waals surface area contributed by atoms with E-state index in [0.717, 1.165) is 21.9 Å². The number of nitrogens with one attached hydrogen (secondary N) is 1. The van der Waals surface area contributed by atoms with Crippen molar-refractivity contribution in [2.45, 2.75) is 53.1 Å². The second-order valence-electron chi connectivity index (χ2n) is 9.24. The van der Waals surface area contributed by atoms with Crippen molar-refractivity contribution in [2.75, 3.05) is 23.7 Å². The first-order valence-corrected chi connectivity index (χ1v) is 14.4. The molecule has 192 valence electrons. The van der Waals surface area contributed by atoms with Crippen molar-refractivity contribution in [3.05, 3.63) is 64.1 Å². The van der Waals surface area contributed by atoms with Crippen LogP contribution < -0.4 is 9.62 Å². The molecule has 2 rings (SSSR count). The van der Waals surface area contributed by atoms with Crippen LogP contribution in [0.4, 0.5) is 5.69 Å². The molecule has 0 heterocycles. The zero-order valence-corrected chi connectivity index (χ0v) is 23.5. The maximum absolute atomic E-state index is 13.3. The predicted octanol–water partition coefficient (Wildman–Crippen LogP) is 4.49. The molecule has 0 spiro atoms. The van der Waals surface area contributed by atoms with E-state index in [1.54, 1.807) is 24.0 Å². The molecule has 0 aliphatic carbocycles. The molecule has 0 saturated heterocycles. The quantitative estimate of drug-likeness (QED) is 0.410. The number of nitrogens with zero attached hydrogens (tertiary/aromatic N) is 2. The second kappa shape index (κ2) is 13.1. The number of benzene rings is 2. The van der Waals surface area contributed by atoms with Gasteiger partial charge in [-0.1, -0.05) is 59.6 Å². The Kier molecular flexibility index (Phi) is 10.8. The molecule has 2 aromatic rings. The van der Waals surface area contributed by atoms with Gasteiger partial charge >= 0.3 is 0 Å². The number of halogens is 1. The molecule has 0 bridgehead atoms. The van der Waals surface area contributed by atoms with Gasteiger partial charge in [-0.3, -0.25) is 13.9 Å². The predicted molar refractivity (Wildman–Crippen MR) is 145 cm³/mol. The van der Waals surface area contributed by atoms with E-state index in [1.807, 2.05) is 57.2 Å². The fourth-order valence-electron chi connectivity index (χ4n) is 3.54. The van der Waals surface area contributed by atoms with E-state index in [1.165, 1.54) is 4.31 Å². The standard InChI is InChI=1S/C26H36BrN3O4S/c1-19(2)17-28-26(32)21(4)29(18-22-10-12-23(27)13-11-22)25(31)7-6-16-30(35(5,33)34)24-14-8-20(3)9-15-24/h8-15,19,21H,6-7,16-18H2,1-5H3,(H,28,32). The molecule has 0 saturated carbocycles. The van der Waals surface area contributed by atoms with Gasteiger partial charge in [0.05, 0.1) is 11.9 Å². The minimum absolute atomic E-state index is 0.121. The number of hydrogen-bond donors (Lipinski definition) is 1. The van der Waals surface area contributed by atoms with Gasteiger partial charge in [0.1, 0.15) is 6.04 Å². The monoisotopic (exact) mass is 565 g/mol. The Morgan fingerprint density at radius 2 is 1.60 bits per heavy atom. The summed E-state index contributed by atoms with van der Waals surface area (Å²) in [5.74, 6) is -0.107. The van der Waals surface area contributed by atoms with Crippen LogP contribution in [-0.4, -0.2) is 50.5 Å². The number of carbonyl (C=O) groups is 2. The number of hydrogen-bond acceptors (Lipinski definition) is 4. The molecule has 2 aromatic carbocycles. The third-order valence-electron chi connectivity index (χ3n) is 5.59. The molecule has 9 heteroatoms. The molecular formula is C26H36BrN3O4S. The Bertz CT molecular complexity index is 1090. The van der Waals surface area contributed by atoms with Gasteiger partial charge in [0.2, 0.25) is 21.8 Å². The third kappa shape index (κ3) is 9.29. The number of sulfonamides is 1. The summed E-state index contributed by atoms with van der Waals surface area (Å²) in [6.45, 7) is 8.68.